The molecule has 0 unspecified atom stereocenters. The first-order valence-electron chi connectivity index (χ1n) is 8.07. The van der Waals surface area contributed by atoms with E-state index in [1.54, 1.807) is 27.4 Å². The molecule has 2 aromatic rings. The molecule has 136 valence electrons. The lowest BCUT2D eigenvalue weighted by molar-refractivity contribution is 0.148. The Hall–Kier alpha value is -2.32. The van der Waals surface area contributed by atoms with E-state index in [2.05, 4.69) is 15.0 Å². The minimum Gasteiger partial charge on any atom is -0.493 e. The Morgan fingerprint density at radius 3 is 2.60 bits per heavy atom. The Balaban J connectivity index is 1.84. The number of methoxy groups -OCH3 is 3. The minimum absolute atomic E-state index is 0.381. The van der Waals surface area contributed by atoms with Gasteiger partial charge in [-0.25, -0.2) is 0 Å². The summed E-state index contributed by atoms with van der Waals surface area (Å²) in [5, 5.41) is 4.09. The monoisotopic (exact) mass is 349 g/mol. The lowest BCUT2D eigenvalue weighted by Gasteiger charge is -2.20. The molecule has 0 spiro atoms. The minimum atomic E-state index is 0.381. The number of ether oxygens (including phenoxy) is 4. The largest absolute Gasteiger partial charge is 0.493 e. The topological polar surface area (TPSA) is 79.1 Å². The van der Waals surface area contributed by atoms with Gasteiger partial charge in [-0.2, -0.15) is 4.98 Å². The fraction of sp³-hybridized carbons (Fsp3) is 0.529. The first-order valence-corrected chi connectivity index (χ1v) is 8.07. The number of hydrogen-bond acceptors (Lipinski definition) is 8. The number of aromatic nitrogens is 2. The van der Waals surface area contributed by atoms with Crippen molar-refractivity contribution in [1.29, 1.82) is 0 Å². The SMILES string of the molecule is COc1ccc(-c2noc(CN(C)[C@@H]3CCOC3)n2)c(OC)c1OC. The summed E-state index contributed by atoms with van der Waals surface area (Å²) in [6.45, 7) is 2.10. The lowest BCUT2D eigenvalue weighted by atomic mass is 10.1. The molecular weight excluding hydrogens is 326 g/mol. The molecule has 0 N–H and O–H groups in total. The highest BCUT2D eigenvalue weighted by molar-refractivity contribution is 5.71. The van der Waals surface area contributed by atoms with Crippen molar-refractivity contribution in [2.45, 2.75) is 19.0 Å². The molecule has 8 nitrogen and oxygen atoms in total. The molecule has 3 rings (SSSR count). The smallest absolute Gasteiger partial charge is 0.241 e. The molecule has 25 heavy (non-hydrogen) atoms. The van der Waals surface area contributed by atoms with E-state index in [4.69, 9.17) is 23.5 Å². The summed E-state index contributed by atoms with van der Waals surface area (Å²) in [4.78, 5) is 6.66. The molecule has 1 atom stereocenters. The molecule has 1 aromatic carbocycles. The molecule has 0 bridgehead atoms. The van der Waals surface area contributed by atoms with Crippen LogP contribution in [0.3, 0.4) is 0 Å². The van der Waals surface area contributed by atoms with Crippen LogP contribution < -0.4 is 14.2 Å². The first kappa shape index (κ1) is 17.5. The maximum atomic E-state index is 5.48. The predicted octanol–water partition coefficient (Wildman–Crippen LogP) is 1.98. The van der Waals surface area contributed by atoms with Gasteiger partial charge < -0.3 is 23.5 Å². The van der Waals surface area contributed by atoms with E-state index in [0.29, 0.717) is 47.1 Å². The van der Waals surface area contributed by atoms with Crippen LogP contribution in [0.5, 0.6) is 17.2 Å². The van der Waals surface area contributed by atoms with Gasteiger partial charge in [0.05, 0.1) is 40.0 Å². The van der Waals surface area contributed by atoms with E-state index >= 15 is 0 Å². The van der Waals surface area contributed by atoms with Crippen LogP contribution in [0.25, 0.3) is 11.4 Å². The zero-order valence-corrected chi connectivity index (χ0v) is 14.9. The van der Waals surface area contributed by atoms with E-state index in [1.807, 2.05) is 13.1 Å². The average Bonchev–Trinajstić information content (AvgIpc) is 3.32. The summed E-state index contributed by atoms with van der Waals surface area (Å²) in [5.41, 5.74) is 0.682. The molecule has 8 heteroatoms. The fourth-order valence-corrected chi connectivity index (χ4v) is 2.92. The number of nitrogens with zero attached hydrogens (tertiary/aromatic N) is 3. The molecular formula is C17H23N3O5. The second-order valence-corrected chi connectivity index (χ2v) is 5.83. The third-order valence-corrected chi connectivity index (χ3v) is 4.33. The Bertz CT molecular complexity index is 712. The molecule has 1 aliphatic heterocycles. The van der Waals surface area contributed by atoms with Crippen LogP contribution in [-0.2, 0) is 11.3 Å². The van der Waals surface area contributed by atoms with Gasteiger partial charge in [0.25, 0.3) is 0 Å². The quantitative estimate of drug-likeness (QED) is 0.751. The van der Waals surface area contributed by atoms with E-state index in [0.717, 1.165) is 19.6 Å². The number of rotatable bonds is 7. The highest BCUT2D eigenvalue weighted by Crippen LogP contribution is 2.43. The van der Waals surface area contributed by atoms with Crippen molar-refractivity contribution in [3.63, 3.8) is 0 Å². The zero-order chi connectivity index (χ0) is 17.8. The summed E-state index contributed by atoms with van der Waals surface area (Å²) < 4.78 is 27.0. The second-order valence-electron chi connectivity index (χ2n) is 5.83. The molecule has 0 amide bonds. The fourth-order valence-electron chi connectivity index (χ4n) is 2.92. The van der Waals surface area contributed by atoms with Crippen molar-refractivity contribution < 1.29 is 23.5 Å². The van der Waals surface area contributed by atoms with E-state index < -0.39 is 0 Å². The van der Waals surface area contributed by atoms with E-state index in [-0.39, 0.29) is 0 Å². The van der Waals surface area contributed by atoms with Gasteiger partial charge in [-0.05, 0) is 25.6 Å². The van der Waals surface area contributed by atoms with Crippen molar-refractivity contribution in [3.05, 3.63) is 18.0 Å². The third-order valence-electron chi connectivity index (χ3n) is 4.33. The Morgan fingerprint density at radius 1 is 1.16 bits per heavy atom. The van der Waals surface area contributed by atoms with Gasteiger partial charge in [0.1, 0.15) is 0 Å². The van der Waals surface area contributed by atoms with Crippen LogP contribution in [-0.4, -0.2) is 62.7 Å². The van der Waals surface area contributed by atoms with Crippen LogP contribution in [0, 0.1) is 0 Å². The van der Waals surface area contributed by atoms with Crippen LogP contribution >= 0.6 is 0 Å². The Kier molecular flexibility index (Phi) is 5.40. The number of benzene rings is 1. The number of likely N-dealkylation sites (N-methyl/N-ethyl adjacent to an activating group) is 1. The van der Waals surface area contributed by atoms with Crippen molar-refractivity contribution >= 4 is 0 Å². The predicted molar refractivity (Wildman–Crippen MR) is 90.1 cm³/mol. The molecule has 1 aromatic heterocycles. The highest BCUT2D eigenvalue weighted by Gasteiger charge is 2.24. The summed E-state index contributed by atoms with van der Waals surface area (Å²) >= 11 is 0. The van der Waals surface area contributed by atoms with Gasteiger partial charge >= 0.3 is 0 Å². The Labute approximate surface area is 146 Å². The standard InChI is InChI=1S/C17H23N3O5/c1-20(11-7-8-24-10-11)9-14-18-17(19-25-14)12-5-6-13(21-2)16(23-4)15(12)22-3/h5-6,11H,7-10H2,1-4H3/t11-/m1/s1. The van der Waals surface area contributed by atoms with Gasteiger partial charge in [0.2, 0.25) is 17.5 Å². The van der Waals surface area contributed by atoms with Crippen molar-refractivity contribution in [3.8, 4) is 28.6 Å². The van der Waals surface area contributed by atoms with Crippen LogP contribution in [0.4, 0.5) is 0 Å². The highest BCUT2D eigenvalue weighted by atomic mass is 16.5. The van der Waals surface area contributed by atoms with Gasteiger partial charge in [0.15, 0.2) is 11.5 Å². The first-order chi connectivity index (χ1) is 12.2. The molecule has 1 fully saturated rings. The maximum Gasteiger partial charge on any atom is 0.241 e. The van der Waals surface area contributed by atoms with Gasteiger partial charge in [-0.3, -0.25) is 4.90 Å². The summed E-state index contributed by atoms with van der Waals surface area (Å²) in [6, 6.07) is 3.99. The average molecular weight is 349 g/mol. The molecule has 0 aliphatic carbocycles. The lowest BCUT2D eigenvalue weighted by Crippen LogP contribution is -2.31. The molecule has 1 aliphatic rings. The molecule has 0 radical (unpaired) electrons. The van der Waals surface area contributed by atoms with Crippen molar-refractivity contribution in [2.75, 3.05) is 41.6 Å². The number of hydrogen-bond donors (Lipinski definition) is 0. The van der Waals surface area contributed by atoms with Crippen molar-refractivity contribution in [2.24, 2.45) is 0 Å². The van der Waals surface area contributed by atoms with Crippen LogP contribution in [0.2, 0.25) is 0 Å². The summed E-state index contributed by atoms with van der Waals surface area (Å²) in [6.07, 6.45) is 1.01. The summed E-state index contributed by atoms with van der Waals surface area (Å²) in [7, 11) is 6.73. The second kappa shape index (κ2) is 7.71. The van der Waals surface area contributed by atoms with E-state index in [9.17, 15) is 0 Å². The van der Waals surface area contributed by atoms with Gasteiger partial charge in [0, 0.05) is 12.6 Å². The molecule has 2 heterocycles. The zero-order valence-electron chi connectivity index (χ0n) is 14.9. The van der Waals surface area contributed by atoms with Crippen molar-refractivity contribution in [1.82, 2.24) is 15.0 Å². The van der Waals surface area contributed by atoms with Crippen LogP contribution in [0.15, 0.2) is 16.7 Å². The van der Waals surface area contributed by atoms with Crippen LogP contribution in [0.1, 0.15) is 12.3 Å². The molecule has 0 saturated carbocycles. The van der Waals surface area contributed by atoms with Gasteiger partial charge in [-0.1, -0.05) is 5.16 Å². The van der Waals surface area contributed by atoms with Gasteiger partial charge in [-0.15, -0.1) is 0 Å². The maximum absolute atomic E-state index is 5.48. The normalized spacial score (nSPS) is 17.1. The Morgan fingerprint density at radius 2 is 1.96 bits per heavy atom. The van der Waals surface area contributed by atoms with E-state index in [1.165, 1.54) is 0 Å². The third kappa shape index (κ3) is 3.54. The summed E-state index contributed by atoms with van der Waals surface area (Å²) in [5.74, 6) is 2.57. The molecule has 1 saturated heterocycles.